The van der Waals surface area contributed by atoms with Crippen molar-refractivity contribution in [2.75, 3.05) is 5.32 Å². The van der Waals surface area contributed by atoms with Crippen molar-refractivity contribution in [2.24, 2.45) is 0 Å². The minimum absolute atomic E-state index is 0.536. The summed E-state index contributed by atoms with van der Waals surface area (Å²) in [5.74, 6) is 1.29. The zero-order valence-corrected chi connectivity index (χ0v) is 16.1. The summed E-state index contributed by atoms with van der Waals surface area (Å²) in [5, 5.41) is 18.3. The maximum atomic E-state index is 6.10. The number of thiazole rings is 1. The molecule has 0 unspecified atom stereocenters. The summed E-state index contributed by atoms with van der Waals surface area (Å²) < 4.78 is 1.67. The van der Waals surface area contributed by atoms with Crippen molar-refractivity contribution in [1.29, 1.82) is 0 Å². The molecule has 6 nitrogen and oxygen atoms in total. The van der Waals surface area contributed by atoms with Gasteiger partial charge in [0, 0.05) is 26.7 Å². The van der Waals surface area contributed by atoms with E-state index in [0.717, 1.165) is 17.0 Å². The second kappa shape index (κ2) is 7.19. The molecule has 0 amide bonds. The van der Waals surface area contributed by atoms with E-state index in [2.05, 4.69) is 32.5 Å². The first-order valence-corrected chi connectivity index (χ1v) is 9.56. The highest BCUT2D eigenvalue weighted by atomic mass is 35.5. The van der Waals surface area contributed by atoms with Gasteiger partial charge in [0.15, 0.2) is 11.5 Å². The summed E-state index contributed by atoms with van der Waals surface area (Å²) in [7, 11) is 0. The lowest BCUT2D eigenvalue weighted by atomic mass is 10.2. The third kappa shape index (κ3) is 3.51. The molecular weight excluding hydrogens is 391 g/mol. The highest BCUT2D eigenvalue weighted by Crippen LogP contribution is 2.26. The van der Waals surface area contributed by atoms with E-state index in [-0.39, 0.29) is 0 Å². The Morgan fingerprint density at radius 1 is 1.12 bits per heavy atom. The van der Waals surface area contributed by atoms with Crippen LogP contribution in [0.2, 0.25) is 10.0 Å². The highest BCUT2D eigenvalue weighted by molar-refractivity contribution is 7.11. The number of halogens is 2. The molecule has 132 valence electrons. The largest absolute Gasteiger partial charge is 0.362 e. The Hall–Kier alpha value is -2.22. The van der Waals surface area contributed by atoms with Gasteiger partial charge in [-0.25, -0.2) is 4.98 Å². The third-order valence-electron chi connectivity index (χ3n) is 3.75. The lowest BCUT2D eigenvalue weighted by Gasteiger charge is -2.05. The molecule has 3 heterocycles. The lowest BCUT2D eigenvalue weighted by molar-refractivity contribution is 0.923. The van der Waals surface area contributed by atoms with E-state index in [1.54, 1.807) is 34.1 Å². The molecule has 1 N–H and O–H groups in total. The van der Waals surface area contributed by atoms with Gasteiger partial charge in [0.25, 0.3) is 0 Å². The number of hydrogen-bond acceptors (Lipinski definition) is 6. The molecule has 0 aliphatic rings. The quantitative estimate of drug-likeness (QED) is 0.520. The molecule has 0 saturated carbocycles. The van der Waals surface area contributed by atoms with Crippen LogP contribution in [-0.2, 0) is 13.0 Å². The molecule has 4 aromatic rings. The Bertz CT molecular complexity index is 1050. The van der Waals surface area contributed by atoms with Gasteiger partial charge in [0.2, 0.25) is 0 Å². The molecule has 26 heavy (non-hydrogen) atoms. The van der Waals surface area contributed by atoms with Crippen molar-refractivity contribution in [2.45, 2.75) is 19.9 Å². The van der Waals surface area contributed by atoms with Crippen LogP contribution in [0.5, 0.6) is 0 Å². The second-order valence-corrected chi connectivity index (χ2v) is 7.67. The van der Waals surface area contributed by atoms with Crippen LogP contribution in [0.1, 0.15) is 16.8 Å². The third-order valence-corrected chi connectivity index (χ3v) is 5.33. The van der Waals surface area contributed by atoms with Gasteiger partial charge in [-0.3, -0.25) is 0 Å². The fraction of sp³-hybridized carbons (Fsp3) is 0.176. The predicted molar refractivity (Wildman–Crippen MR) is 105 cm³/mol. The number of hydrogen-bond donors (Lipinski definition) is 1. The zero-order chi connectivity index (χ0) is 18.1. The first kappa shape index (κ1) is 17.2. The molecule has 1 aromatic carbocycles. The van der Waals surface area contributed by atoms with E-state index >= 15 is 0 Å². The highest BCUT2D eigenvalue weighted by Gasteiger charge is 2.12. The van der Waals surface area contributed by atoms with Crippen molar-refractivity contribution in [3.8, 4) is 11.4 Å². The average molecular weight is 405 g/mol. The normalized spacial score (nSPS) is 11.2. The molecule has 3 aromatic heterocycles. The maximum absolute atomic E-state index is 6.10. The first-order valence-electron chi connectivity index (χ1n) is 7.99. The van der Waals surface area contributed by atoms with Crippen LogP contribution in [0, 0.1) is 0 Å². The van der Waals surface area contributed by atoms with Crippen molar-refractivity contribution in [1.82, 2.24) is 24.8 Å². The molecule has 0 saturated heterocycles. The van der Waals surface area contributed by atoms with E-state index in [4.69, 9.17) is 23.2 Å². The zero-order valence-electron chi connectivity index (χ0n) is 13.8. The van der Waals surface area contributed by atoms with E-state index in [1.165, 1.54) is 4.88 Å². The number of aryl methyl sites for hydroxylation is 1. The molecule has 0 aliphatic heterocycles. The fourth-order valence-electron chi connectivity index (χ4n) is 2.51. The number of nitrogens with one attached hydrogen (secondary N) is 1. The second-order valence-electron chi connectivity index (χ2n) is 5.60. The minimum atomic E-state index is 0.536. The molecule has 4 rings (SSSR count). The Labute approximate surface area is 163 Å². The lowest BCUT2D eigenvalue weighted by Crippen LogP contribution is -2.04. The van der Waals surface area contributed by atoms with E-state index in [0.29, 0.717) is 33.9 Å². The van der Waals surface area contributed by atoms with Gasteiger partial charge in [-0.1, -0.05) is 30.1 Å². The summed E-state index contributed by atoms with van der Waals surface area (Å²) in [4.78, 5) is 5.67. The summed E-state index contributed by atoms with van der Waals surface area (Å²) in [6.07, 6.45) is 2.91. The molecule has 0 radical (unpaired) electrons. The molecule has 0 aliphatic carbocycles. The maximum Gasteiger partial charge on any atom is 0.185 e. The van der Waals surface area contributed by atoms with Crippen LogP contribution in [0.25, 0.3) is 17.0 Å². The summed E-state index contributed by atoms with van der Waals surface area (Å²) in [5.41, 5.74) is 1.40. The summed E-state index contributed by atoms with van der Waals surface area (Å²) in [6.45, 7) is 2.74. The van der Waals surface area contributed by atoms with Gasteiger partial charge >= 0.3 is 0 Å². The minimum Gasteiger partial charge on any atom is -0.362 e. The van der Waals surface area contributed by atoms with Crippen molar-refractivity contribution in [3.05, 3.63) is 56.5 Å². The van der Waals surface area contributed by atoms with E-state index in [9.17, 15) is 0 Å². The summed E-state index contributed by atoms with van der Waals surface area (Å²) in [6, 6.07) is 8.97. The Morgan fingerprint density at radius 2 is 1.92 bits per heavy atom. The van der Waals surface area contributed by atoms with E-state index in [1.807, 2.05) is 18.3 Å². The van der Waals surface area contributed by atoms with Gasteiger partial charge < -0.3 is 5.32 Å². The number of fused-ring (bicyclic) bond motifs is 1. The van der Waals surface area contributed by atoms with E-state index < -0.39 is 0 Å². The van der Waals surface area contributed by atoms with Crippen LogP contribution in [-0.4, -0.2) is 24.8 Å². The van der Waals surface area contributed by atoms with Crippen LogP contribution in [0.15, 0.2) is 36.5 Å². The Kier molecular flexibility index (Phi) is 4.76. The van der Waals surface area contributed by atoms with Gasteiger partial charge in [-0.15, -0.1) is 26.6 Å². The number of benzene rings is 1. The monoisotopic (exact) mass is 404 g/mol. The Morgan fingerprint density at radius 3 is 2.65 bits per heavy atom. The molecule has 0 atom stereocenters. The van der Waals surface area contributed by atoms with Gasteiger partial charge in [0.05, 0.1) is 6.54 Å². The van der Waals surface area contributed by atoms with Crippen LogP contribution < -0.4 is 5.32 Å². The molecular formula is C17H14Cl2N6S. The SMILES string of the molecule is CCc1cnc(CNc2ccc3nnc(-c4cc(Cl)cc(Cl)c4)n3n2)s1. The molecule has 0 fully saturated rings. The Balaban J connectivity index is 1.63. The molecule has 9 heteroatoms. The van der Waals surface area contributed by atoms with Crippen LogP contribution >= 0.6 is 34.5 Å². The number of nitrogens with zero attached hydrogens (tertiary/aromatic N) is 5. The predicted octanol–water partition coefficient (Wildman–Crippen LogP) is 4.73. The van der Waals surface area contributed by atoms with Gasteiger partial charge in [0.1, 0.15) is 10.8 Å². The van der Waals surface area contributed by atoms with Gasteiger partial charge in [-0.2, -0.15) is 4.52 Å². The van der Waals surface area contributed by atoms with Crippen LogP contribution in [0.4, 0.5) is 5.82 Å². The van der Waals surface area contributed by atoms with Crippen LogP contribution in [0.3, 0.4) is 0 Å². The average Bonchev–Trinajstić information content (AvgIpc) is 3.25. The van der Waals surface area contributed by atoms with Crippen molar-refractivity contribution < 1.29 is 0 Å². The molecule has 0 bridgehead atoms. The standard InChI is InChI=1S/C17H14Cl2N6S/c1-2-13-8-21-16(26-13)9-20-14-3-4-15-22-23-17(25(15)24-14)10-5-11(18)7-12(19)6-10/h3-8H,2,9H2,1H3,(H,20,24). The smallest absolute Gasteiger partial charge is 0.185 e. The van der Waals surface area contributed by atoms with Gasteiger partial charge in [-0.05, 0) is 36.8 Å². The molecule has 0 spiro atoms. The topological polar surface area (TPSA) is 68.0 Å². The first-order chi connectivity index (χ1) is 12.6. The number of rotatable bonds is 5. The number of anilines is 1. The van der Waals surface area contributed by atoms with Crippen molar-refractivity contribution >= 4 is 46.0 Å². The number of aromatic nitrogens is 5. The summed E-state index contributed by atoms with van der Waals surface area (Å²) >= 11 is 13.9. The fourth-order valence-corrected chi connectivity index (χ4v) is 3.83. The van der Waals surface area contributed by atoms with Crippen molar-refractivity contribution in [3.63, 3.8) is 0 Å².